The summed E-state index contributed by atoms with van der Waals surface area (Å²) in [7, 11) is 3.04. The number of nitrogens with one attached hydrogen (secondary N) is 1. The van der Waals surface area contributed by atoms with Crippen molar-refractivity contribution in [3.63, 3.8) is 0 Å². The molecule has 0 spiro atoms. The number of hydrogen-bond donors (Lipinski definition) is 1. The number of methoxy groups -OCH3 is 2. The number of esters is 1. The summed E-state index contributed by atoms with van der Waals surface area (Å²) in [5.41, 5.74) is 2.87. The topological polar surface area (TPSA) is 73.9 Å². The molecule has 6 nitrogen and oxygen atoms in total. The first-order valence-electron chi connectivity index (χ1n) is 7.70. The third-order valence-corrected chi connectivity index (χ3v) is 3.46. The Hall–Kier alpha value is -3.02. The monoisotopic (exact) mass is 343 g/mol. The van der Waals surface area contributed by atoms with E-state index in [1.54, 1.807) is 30.3 Å². The van der Waals surface area contributed by atoms with Crippen molar-refractivity contribution < 1.29 is 23.8 Å². The number of anilines is 1. The molecule has 0 aromatic heterocycles. The van der Waals surface area contributed by atoms with Gasteiger partial charge in [-0.1, -0.05) is 17.2 Å². The van der Waals surface area contributed by atoms with E-state index in [9.17, 15) is 9.59 Å². The van der Waals surface area contributed by atoms with E-state index in [1.165, 1.54) is 14.2 Å². The second-order valence-electron chi connectivity index (χ2n) is 5.57. The Balaban J connectivity index is 1.95. The van der Waals surface area contributed by atoms with Crippen LogP contribution in [0.25, 0.3) is 0 Å². The van der Waals surface area contributed by atoms with Crippen LogP contribution in [-0.2, 0) is 9.53 Å². The Morgan fingerprint density at radius 3 is 2.16 bits per heavy atom. The van der Waals surface area contributed by atoms with Crippen LogP contribution in [0.1, 0.15) is 21.5 Å². The molecule has 0 atom stereocenters. The van der Waals surface area contributed by atoms with Crippen molar-refractivity contribution in [3.05, 3.63) is 53.1 Å². The van der Waals surface area contributed by atoms with Crippen LogP contribution in [0.4, 0.5) is 5.69 Å². The third kappa shape index (κ3) is 4.97. The molecule has 132 valence electrons. The zero-order valence-electron chi connectivity index (χ0n) is 14.7. The predicted octanol–water partition coefficient (Wildman–Crippen LogP) is 3.12. The fraction of sp³-hybridized carbons (Fsp3) is 0.263. The van der Waals surface area contributed by atoms with Gasteiger partial charge in [-0.3, -0.25) is 4.79 Å². The minimum atomic E-state index is -0.533. The maximum atomic E-state index is 12.1. The van der Waals surface area contributed by atoms with Crippen LogP contribution in [0, 0.1) is 13.8 Å². The van der Waals surface area contributed by atoms with Gasteiger partial charge in [0, 0.05) is 11.8 Å². The molecule has 0 heterocycles. The molecule has 1 amide bonds. The molecular weight excluding hydrogens is 322 g/mol. The molecule has 2 rings (SSSR count). The third-order valence-electron chi connectivity index (χ3n) is 3.46. The van der Waals surface area contributed by atoms with Gasteiger partial charge in [0.1, 0.15) is 0 Å². The van der Waals surface area contributed by atoms with Crippen molar-refractivity contribution in [2.24, 2.45) is 0 Å². The Morgan fingerprint density at radius 2 is 1.56 bits per heavy atom. The molecule has 1 N–H and O–H groups in total. The molecular formula is C19H21NO5. The van der Waals surface area contributed by atoms with Crippen LogP contribution in [0.15, 0.2) is 36.4 Å². The summed E-state index contributed by atoms with van der Waals surface area (Å²) in [5, 5.41) is 2.65. The summed E-state index contributed by atoms with van der Waals surface area (Å²) in [6, 6.07) is 10.4. The van der Waals surface area contributed by atoms with E-state index in [0.29, 0.717) is 22.7 Å². The Kier molecular flexibility index (Phi) is 6.00. The molecule has 0 bridgehead atoms. The van der Waals surface area contributed by atoms with Gasteiger partial charge in [0.15, 0.2) is 18.1 Å². The predicted molar refractivity (Wildman–Crippen MR) is 94.4 cm³/mol. The first-order chi connectivity index (χ1) is 11.9. The van der Waals surface area contributed by atoms with E-state index in [-0.39, 0.29) is 6.61 Å². The lowest BCUT2D eigenvalue weighted by Crippen LogP contribution is -2.21. The molecule has 0 saturated carbocycles. The molecule has 25 heavy (non-hydrogen) atoms. The zero-order chi connectivity index (χ0) is 18.4. The van der Waals surface area contributed by atoms with Crippen LogP contribution in [-0.4, -0.2) is 32.7 Å². The summed E-state index contributed by atoms with van der Waals surface area (Å²) in [6.07, 6.45) is 0. The maximum absolute atomic E-state index is 12.1. The highest BCUT2D eigenvalue weighted by Crippen LogP contribution is 2.29. The smallest absolute Gasteiger partial charge is 0.338 e. The van der Waals surface area contributed by atoms with Gasteiger partial charge in [-0.2, -0.15) is 0 Å². The quantitative estimate of drug-likeness (QED) is 0.816. The van der Waals surface area contributed by atoms with Gasteiger partial charge in [-0.05, 0) is 38.1 Å². The van der Waals surface area contributed by atoms with Crippen molar-refractivity contribution in [2.75, 3.05) is 26.1 Å². The van der Waals surface area contributed by atoms with Crippen molar-refractivity contribution in [2.45, 2.75) is 13.8 Å². The molecule has 0 aliphatic rings. The zero-order valence-corrected chi connectivity index (χ0v) is 14.7. The van der Waals surface area contributed by atoms with E-state index in [2.05, 4.69) is 5.32 Å². The van der Waals surface area contributed by atoms with Crippen LogP contribution >= 0.6 is 0 Å². The summed E-state index contributed by atoms with van der Waals surface area (Å²) in [6.45, 7) is 3.42. The van der Waals surface area contributed by atoms with E-state index < -0.39 is 11.9 Å². The lowest BCUT2D eigenvalue weighted by molar-refractivity contribution is -0.119. The summed E-state index contributed by atoms with van der Waals surface area (Å²) >= 11 is 0. The van der Waals surface area contributed by atoms with Gasteiger partial charge < -0.3 is 19.5 Å². The Labute approximate surface area is 146 Å². The minimum absolute atomic E-state index is 0.375. The number of ether oxygens (including phenoxy) is 3. The van der Waals surface area contributed by atoms with Crippen molar-refractivity contribution in [1.82, 2.24) is 0 Å². The van der Waals surface area contributed by atoms with Gasteiger partial charge in [-0.25, -0.2) is 4.79 Å². The van der Waals surface area contributed by atoms with Crippen LogP contribution in [0.5, 0.6) is 11.5 Å². The molecule has 6 heteroatoms. The van der Waals surface area contributed by atoms with Gasteiger partial charge >= 0.3 is 5.97 Å². The lowest BCUT2D eigenvalue weighted by atomic mass is 10.1. The van der Waals surface area contributed by atoms with Gasteiger partial charge in [-0.15, -0.1) is 0 Å². The normalized spacial score (nSPS) is 10.1. The van der Waals surface area contributed by atoms with Crippen LogP contribution < -0.4 is 14.8 Å². The van der Waals surface area contributed by atoms with Gasteiger partial charge in [0.25, 0.3) is 5.91 Å². The minimum Gasteiger partial charge on any atom is -0.493 e. The van der Waals surface area contributed by atoms with E-state index in [4.69, 9.17) is 14.2 Å². The largest absolute Gasteiger partial charge is 0.493 e. The van der Waals surface area contributed by atoms with E-state index >= 15 is 0 Å². The summed E-state index contributed by atoms with van der Waals surface area (Å²) in [5.74, 6) is 0.0773. The number of rotatable bonds is 6. The van der Waals surface area contributed by atoms with Crippen LogP contribution in [0.2, 0.25) is 0 Å². The molecule has 2 aromatic rings. The molecule has 0 fully saturated rings. The molecule has 2 aromatic carbocycles. The Morgan fingerprint density at radius 1 is 0.920 bits per heavy atom. The highest BCUT2D eigenvalue weighted by atomic mass is 16.5. The average Bonchev–Trinajstić information content (AvgIpc) is 2.58. The second kappa shape index (κ2) is 8.19. The molecule has 0 unspecified atom stereocenters. The van der Waals surface area contributed by atoms with E-state index in [0.717, 1.165) is 11.1 Å². The number of hydrogen-bond acceptors (Lipinski definition) is 5. The highest BCUT2D eigenvalue weighted by Gasteiger charge is 2.12. The van der Waals surface area contributed by atoms with Crippen LogP contribution in [0.3, 0.4) is 0 Å². The summed E-state index contributed by atoms with van der Waals surface area (Å²) in [4.78, 5) is 24.0. The number of carbonyl (C=O) groups is 2. The van der Waals surface area contributed by atoms with Gasteiger partial charge in [0.2, 0.25) is 0 Å². The fourth-order valence-electron chi connectivity index (χ4n) is 2.42. The Bertz CT molecular complexity index is 765. The molecule has 0 aliphatic heterocycles. The number of amides is 1. The SMILES string of the molecule is COc1ccc(NC(=O)COC(=O)c2cc(C)cc(C)c2)cc1OC. The average molecular weight is 343 g/mol. The molecule has 0 radical (unpaired) electrons. The van der Waals surface area contributed by atoms with Gasteiger partial charge in [0.05, 0.1) is 19.8 Å². The number of carbonyl (C=O) groups excluding carboxylic acids is 2. The molecule has 0 saturated heterocycles. The number of aryl methyl sites for hydroxylation is 2. The van der Waals surface area contributed by atoms with Crippen molar-refractivity contribution in [3.8, 4) is 11.5 Å². The number of benzene rings is 2. The first kappa shape index (κ1) is 18.3. The van der Waals surface area contributed by atoms with Crippen molar-refractivity contribution in [1.29, 1.82) is 0 Å². The first-order valence-corrected chi connectivity index (χ1v) is 7.70. The highest BCUT2D eigenvalue weighted by molar-refractivity contribution is 5.95. The second-order valence-corrected chi connectivity index (χ2v) is 5.57. The standard InChI is InChI=1S/C19H21NO5/c1-12-7-13(2)9-14(8-12)19(22)25-11-18(21)20-15-5-6-16(23-3)17(10-15)24-4/h5-10H,11H2,1-4H3,(H,20,21). The van der Waals surface area contributed by atoms with E-state index in [1.807, 2.05) is 19.9 Å². The maximum Gasteiger partial charge on any atom is 0.338 e. The summed E-state index contributed by atoms with van der Waals surface area (Å²) < 4.78 is 15.4. The fourth-order valence-corrected chi connectivity index (χ4v) is 2.42. The lowest BCUT2D eigenvalue weighted by Gasteiger charge is -2.11. The van der Waals surface area contributed by atoms with Crippen molar-refractivity contribution >= 4 is 17.6 Å². The molecule has 0 aliphatic carbocycles.